The number of nitrogens with zero attached hydrogens (tertiary/aromatic N) is 1. The van der Waals surface area contributed by atoms with Crippen LogP contribution < -0.4 is 10.6 Å². The van der Waals surface area contributed by atoms with Crippen molar-refractivity contribution in [1.82, 2.24) is 0 Å². The van der Waals surface area contributed by atoms with E-state index in [-0.39, 0.29) is 0 Å². The number of hydrogen-bond acceptors (Lipinski definition) is 2. The predicted molar refractivity (Wildman–Crippen MR) is 78.8 cm³/mol. The van der Waals surface area contributed by atoms with Crippen LogP contribution >= 0.6 is 0 Å². The van der Waals surface area contributed by atoms with E-state index in [1.807, 2.05) is 0 Å². The average Bonchev–Trinajstić information content (AvgIpc) is 2.38. The zero-order valence-electron chi connectivity index (χ0n) is 11.9. The summed E-state index contributed by atoms with van der Waals surface area (Å²) >= 11 is 0. The Kier molecular flexibility index (Phi) is 3.96. The lowest BCUT2D eigenvalue weighted by atomic mass is 9.75. The summed E-state index contributed by atoms with van der Waals surface area (Å²) in [6.07, 6.45) is 5.27. The van der Waals surface area contributed by atoms with E-state index in [4.69, 9.17) is 5.73 Å². The van der Waals surface area contributed by atoms with E-state index in [0.29, 0.717) is 18.0 Å². The van der Waals surface area contributed by atoms with E-state index in [1.54, 1.807) is 0 Å². The summed E-state index contributed by atoms with van der Waals surface area (Å²) in [6, 6.07) is 9.31. The molecule has 18 heavy (non-hydrogen) atoms. The summed E-state index contributed by atoms with van der Waals surface area (Å²) in [5, 5.41) is 0. The van der Waals surface area contributed by atoms with Crippen molar-refractivity contribution in [1.29, 1.82) is 0 Å². The van der Waals surface area contributed by atoms with Gasteiger partial charge in [0, 0.05) is 25.3 Å². The van der Waals surface area contributed by atoms with Crippen molar-refractivity contribution in [2.24, 2.45) is 11.1 Å². The summed E-state index contributed by atoms with van der Waals surface area (Å²) in [4.78, 5) is 2.44. The zero-order chi connectivity index (χ0) is 13.2. The normalized spacial score (nSPS) is 19.8. The van der Waals surface area contributed by atoms with Crippen LogP contribution in [0.1, 0.15) is 45.1 Å². The van der Waals surface area contributed by atoms with Gasteiger partial charge in [0.2, 0.25) is 0 Å². The van der Waals surface area contributed by atoms with Gasteiger partial charge in [-0.1, -0.05) is 26.0 Å². The Balaban J connectivity index is 2.05. The molecule has 1 aliphatic rings. The Morgan fingerprint density at radius 1 is 1.28 bits per heavy atom. The highest BCUT2D eigenvalue weighted by atomic mass is 15.1. The molecule has 0 unspecified atom stereocenters. The Labute approximate surface area is 111 Å². The monoisotopic (exact) mass is 246 g/mol. The van der Waals surface area contributed by atoms with E-state index in [9.17, 15) is 0 Å². The zero-order valence-corrected chi connectivity index (χ0v) is 11.9. The summed E-state index contributed by atoms with van der Waals surface area (Å²) in [6.45, 7) is 5.40. The molecule has 0 radical (unpaired) electrons. The second kappa shape index (κ2) is 5.31. The van der Waals surface area contributed by atoms with E-state index < -0.39 is 0 Å². The molecule has 0 aromatic heterocycles. The molecule has 2 heteroatoms. The highest BCUT2D eigenvalue weighted by Gasteiger charge is 2.28. The topological polar surface area (TPSA) is 29.3 Å². The number of nitrogens with two attached hydrogens (primary N) is 1. The third-order valence-corrected chi connectivity index (χ3v) is 4.41. The molecule has 1 aliphatic carbocycles. The molecule has 1 aromatic carbocycles. The van der Waals surface area contributed by atoms with Crippen molar-refractivity contribution in [2.75, 3.05) is 11.9 Å². The fourth-order valence-corrected chi connectivity index (χ4v) is 2.88. The van der Waals surface area contributed by atoms with Gasteiger partial charge in [0.05, 0.1) is 0 Å². The van der Waals surface area contributed by atoms with Crippen LogP contribution in [0.5, 0.6) is 0 Å². The highest BCUT2D eigenvalue weighted by molar-refractivity contribution is 5.48. The molecule has 1 aromatic rings. The van der Waals surface area contributed by atoms with Gasteiger partial charge in [-0.3, -0.25) is 0 Å². The Hall–Kier alpha value is -1.02. The van der Waals surface area contributed by atoms with E-state index in [0.717, 1.165) is 0 Å². The first-order valence-electron chi connectivity index (χ1n) is 7.04. The van der Waals surface area contributed by atoms with Crippen molar-refractivity contribution in [3.8, 4) is 0 Å². The fourth-order valence-electron chi connectivity index (χ4n) is 2.88. The SMILES string of the molecule is CN(c1cccc(CN)c1)C1CCC(C)(C)CC1. The van der Waals surface area contributed by atoms with Crippen LogP contribution in [0.4, 0.5) is 5.69 Å². The average molecular weight is 246 g/mol. The molecular weight excluding hydrogens is 220 g/mol. The van der Waals surface area contributed by atoms with Crippen LogP contribution in [0.2, 0.25) is 0 Å². The van der Waals surface area contributed by atoms with E-state index in [1.165, 1.54) is 36.9 Å². The molecule has 2 rings (SSSR count). The van der Waals surface area contributed by atoms with Crippen molar-refractivity contribution in [3.63, 3.8) is 0 Å². The number of benzene rings is 1. The van der Waals surface area contributed by atoms with Crippen LogP contribution in [0.25, 0.3) is 0 Å². The van der Waals surface area contributed by atoms with Gasteiger partial charge in [-0.2, -0.15) is 0 Å². The first kappa shape index (κ1) is 13.4. The maximum absolute atomic E-state index is 5.71. The highest BCUT2D eigenvalue weighted by Crippen LogP contribution is 2.37. The van der Waals surface area contributed by atoms with E-state index in [2.05, 4.69) is 50.1 Å². The third kappa shape index (κ3) is 3.05. The van der Waals surface area contributed by atoms with Gasteiger partial charge in [-0.25, -0.2) is 0 Å². The lowest BCUT2D eigenvalue weighted by Gasteiger charge is -2.39. The molecule has 0 atom stereocenters. The Morgan fingerprint density at radius 3 is 2.56 bits per heavy atom. The Morgan fingerprint density at radius 2 is 1.94 bits per heavy atom. The minimum atomic E-state index is 0.538. The minimum Gasteiger partial charge on any atom is -0.372 e. The van der Waals surface area contributed by atoms with Gasteiger partial charge in [0.1, 0.15) is 0 Å². The second-order valence-corrected chi connectivity index (χ2v) is 6.38. The first-order valence-corrected chi connectivity index (χ1v) is 7.04. The van der Waals surface area contributed by atoms with E-state index >= 15 is 0 Å². The Bertz CT molecular complexity index is 388. The standard InChI is InChI=1S/C16H26N2/c1-16(2)9-7-14(8-10-16)18(3)15-6-4-5-13(11-15)12-17/h4-6,11,14H,7-10,12,17H2,1-3H3. The quantitative estimate of drug-likeness (QED) is 0.883. The molecule has 2 nitrogen and oxygen atoms in total. The largest absolute Gasteiger partial charge is 0.372 e. The van der Waals surface area contributed by atoms with Gasteiger partial charge < -0.3 is 10.6 Å². The van der Waals surface area contributed by atoms with Crippen LogP contribution in [-0.2, 0) is 6.54 Å². The molecule has 0 bridgehead atoms. The first-order chi connectivity index (χ1) is 8.52. The second-order valence-electron chi connectivity index (χ2n) is 6.38. The summed E-state index contributed by atoms with van der Waals surface area (Å²) < 4.78 is 0. The molecule has 1 fully saturated rings. The lowest BCUT2D eigenvalue weighted by molar-refractivity contribution is 0.222. The summed E-state index contributed by atoms with van der Waals surface area (Å²) in [5.74, 6) is 0. The number of anilines is 1. The van der Waals surface area contributed by atoms with Crippen molar-refractivity contribution in [2.45, 2.75) is 52.1 Å². The molecule has 0 amide bonds. The van der Waals surface area contributed by atoms with Gasteiger partial charge in [0.25, 0.3) is 0 Å². The number of rotatable bonds is 3. The minimum absolute atomic E-state index is 0.538. The molecule has 100 valence electrons. The molecule has 0 aliphatic heterocycles. The van der Waals surface area contributed by atoms with Gasteiger partial charge in [-0.05, 0) is 48.8 Å². The van der Waals surface area contributed by atoms with Crippen LogP contribution in [0.3, 0.4) is 0 Å². The molecule has 2 N–H and O–H groups in total. The van der Waals surface area contributed by atoms with Gasteiger partial charge >= 0.3 is 0 Å². The molecule has 0 saturated heterocycles. The molecule has 1 saturated carbocycles. The lowest BCUT2D eigenvalue weighted by Crippen LogP contribution is -2.37. The number of hydrogen-bond donors (Lipinski definition) is 1. The van der Waals surface area contributed by atoms with Crippen molar-refractivity contribution >= 4 is 5.69 Å². The molecular formula is C16H26N2. The fraction of sp³-hybridized carbons (Fsp3) is 0.625. The van der Waals surface area contributed by atoms with Crippen LogP contribution in [0.15, 0.2) is 24.3 Å². The molecule has 0 spiro atoms. The summed E-state index contributed by atoms with van der Waals surface area (Å²) in [7, 11) is 2.22. The summed E-state index contributed by atoms with van der Waals surface area (Å²) in [5.41, 5.74) is 8.78. The van der Waals surface area contributed by atoms with Crippen molar-refractivity contribution < 1.29 is 0 Å². The van der Waals surface area contributed by atoms with Crippen LogP contribution in [-0.4, -0.2) is 13.1 Å². The predicted octanol–water partition coefficient (Wildman–Crippen LogP) is 3.55. The third-order valence-electron chi connectivity index (χ3n) is 4.41. The maximum Gasteiger partial charge on any atom is 0.0369 e. The smallest absolute Gasteiger partial charge is 0.0369 e. The van der Waals surface area contributed by atoms with Crippen molar-refractivity contribution in [3.05, 3.63) is 29.8 Å². The van der Waals surface area contributed by atoms with Gasteiger partial charge in [0.15, 0.2) is 0 Å². The molecule has 0 heterocycles. The maximum atomic E-state index is 5.71. The van der Waals surface area contributed by atoms with Crippen LogP contribution in [0, 0.1) is 5.41 Å². The van der Waals surface area contributed by atoms with Gasteiger partial charge in [-0.15, -0.1) is 0 Å².